The van der Waals surface area contributed by atoms with E-state index >= 15 is 0 Å². The summed E-state index contributed by atoms with van der Waals surface area (Å²) < 4.78 is 0. The zero-order valence-corrected chi connectivity index (χ0v) is 9.88. The normalized spacial score (nSPS) is 21.5. The molecular weight excluding hydrogens is 214 g/mol. The molecule has 0 spiro atoms. The fraction of sp³-hybridized carbons (Fsp3) is 0.462. The molecule has 2 rings (SSSR count). The molecule has 0 radical (unpaired) electrons. The SMILES string of the molecule is NC[C@H](C(=O)N1CC[C@@H](N)C1)c1ccccc1. The van der Waals surface area contributed by atoms with Gasteiger partial charge >= 0.3 is 0 Å². The molecule has 0 unspecified atom stereocenters. The lowest BCUT2D eigenvalue weighted by Crippen LogP contribution is -2.37. The van der Waals surface area contributed by atoms with Gasteiger partial charge in [-0.25, -0.2) is 0 Å². The maximum atomic E-state index is 12.3. The molecule has 1 aromatic rings. The van der Waals surface area contributed by atoms with Crippen molar-refractivity contribution in [3.8, 4) is 0 Å². The minimum absolute atomic E-state index is 0.103. The number of likely N-dealkylation sites (tertiary alicyclic amines) is 1. The van der Waals surface area contributed by atoms with Gasteiger partial charge in [0.05, 0.1) is 5.92 Å². The molecule has 1 heterocycles. The number of carbonyl (C=O) groups is 1. The number of nitrogens with two attached hydrogens (primary N) is 2. The van der Waals surface area contributed by atoms with E-state index in [2.05, 4.69) is 0 Å². The summed E-state index contributed by atoms with van der Waals surface area (Å²) in [5.41, 5.74) is 12.5. The topological polar surface area (TPSA) is 72.4 Å². The van der Waals surface area contributed by atoms with Crippen LogP contribution in [0, 0.1) is 0 Å². The lowest BCUT2D eigenvalue weighted by Gasteiger charge is -2.22. The number of rotatable bonds is 3. The first kappa shape index (κ1) is 12.1. The zero-order valence-electron chi connectivity index (χ0n) is 9.88. The summed E-state index contributed by atoms with van der Waals surface area (Å²) in [7, 11) is 0. The Kier molecular flexibility index (Phi) is 3.76. The Bertz CT molecular complexity index is 380. The van der Waals surface area contributed by atoms with Crippen LogP contribution >= 0.6 is 0 Å². The van der Waals surface area contributed by atoms with E-state index in [1.807, 2.05) is 35.2 Å². The van der Waals surface area contributed by atoms with Crippen LogP contribution in [-0.4, -0.2) is 36.5 Å². The van der Waals surface area contributed by atoms with Crippen molar-refractivity contribution in [1.29, 1.82) is 0 Å². The third kappa shape index (κ3) is 2.65. The molecule has 0 aromatic heterocycles. The standard InChI is InChI=1S/C13H19N3O/c14-8-12(10-4-2-1-3-5-10)13(17)16-7-6-11(15)9-16/h1-5,11-12H,6-9,14-15H2/t11-,12+/m1/s1. The summed E-state index contributed by atoms with van der Waals surface area (Å²) in [6.45, 7) is 1.75. The van der Waals surface area contributed by atoms with E-state index in [9.17, 15) is 4.79 Å². The van der Waals surface area contributed by atoms with Gasteiger partial charge in [-0.05, 0) is 12.0 Å². The highest BCUT2D eigenvalue weighted by Crippen LogP contribution is 2.19. The molecular formula is C13H19N3O. The van der Waals surface area contributed by atoms with Gasteiger partial charge in [-0.1, -0.05) is 30.3 Å². The Hall–Kier alpha value is -1.39. The van der Waals surface area contributed by atoms with Crippen LogP contribution in [0.15, 0.2) is 30.3 Å². The van der Waals surface area contributed by atoms with Gasteiger partial charge in [0, 0.05) is 25.7 Å². The van der Waals surface area contributed by atoms with E-state index in [0.717, 1.165) is 18.5 Å². The van der Waals surface area contributed by atoms with Crippen LogP contribution in [0.1, 0.15) is 17.9 Å². The average Bonchev–Trinajstić information content (AvgIpc) is 2.78. The predicted molar refractivity (Wildman–Crippen MR) is 67.4 cm³/mol. The van der Waals surface area contributed by atoms with Gasteiger partial charge in [-0.15, -0.1) is 0 Å². The van der Waals surface area contributed by atoms with Crippen LogP contribution in [0.5, 0.6) is 0 Å². The van der Waals surface area contributed by atoms with Crippen LogP contribution in [0.3, 0.4) is 0 Å². The fourth-order valence-corrected chi connectivity index (χ4v) is 2.27. The van der Waals surface area contributed by atoms with Crippen molar-refractivity contribution in [3.63, 3.8) is 0 Å². The Morgan fingerprint density at radius 1 is 1.41 bits per heavy atom. The molecule has 4 N–H and O–H groups in total. The molecule has 4 heteroatoms. The molecule has 0 aliphatic carbocycles. The van der Waals surface area contributed by atoms with Crippen LogP contribution in [0.2, 0.25) is 0 Å². The summed E-state index contributed by atoms with van der Waals surface area (Å²) in [5, 5.41) is 0. The van der Waals surface area contributed by atoms with Gasteiger partial charge in [-0.2, -0.15) is 0 Å². The second kappa shape index (κ2) is 5.29. The Morgan fingerprint density at radius 3 is 2.65 bits per heavy atom. The first-order chi connectivity index (χ1) is 8.22. The quantitative estimate of drug-likeness (QED) is 0.788. The van der Waals surface area contributed by atoms with Crippen molar-refractivity contribution in [3.05, 3.63) is 35.9 Å². The first-order valence-electron chi connectivity index (χ1n) is 6.01. The molecule has 2 atom stereocenters. The molecule has 0 bridgehead atoms. The third-order valence-corrected chi connectivity index (χ3v) is 3.27. The number of hydrogen-bond donors (Lipinski definition) is 2. The number of nitrogens with zero attached hydrogens (tertiary/aromatic N) is 1. The lowest BCUT2D eigenvalue weighted by atomic mass is 9.98. The van der Waals surface area contributed by atoms with Gasteiger partial charge in [0.2, 0.25) is 5.91 Å². The molecule has 1 aromatic carbocycles. The first-order valence-corrected chi connectivity index (χ1v) is 6.01. The van der Waals surface area contributed by atoms with E-state index in [4.69, 9.17) is 11.5 Å². The van der Waals surface area contributed by atoms with Crippen molar-refractivity contribution in [2.75, 3.05) is 19.6 Å². The number of amides is 1. The van der Waals surface area contributed by atoms with Crippen molar-refractivity contribution >= 4 is 5.91 Å². The smallest absolute Gasteiger partial charge is 0.231 e. The van der Waals surface area contributed by atoms with E-state index < -0.39 is 0 Å². The van der Waals surface area contributed by atoms with E-state index in [0.29, 0.717) is 13.1 Å². The van der Waals surface area contributed by atoms with Gasteiger partial charge in [-0.3, -0.25) is 4.79 Å². The fourth-order valence-electron chi connectivity index (χ4n) is 2.27. The highest BCUT2D eigenvalue weighted by molar-refractivity contribution is 5.84. The highest BCUT2D eigenvalue weighted by Gasteiger charge is 2.29. The molecule has 0 saturated carbocycles. The summed E-state index contributed by atoms with van der Waals surface area (Å²) in [6, 6.07) is 9.82. The van der Waals surface area contributed by atoms with Crippen LogP contribution in [0.4, 0.5) is 0 Å². The summed E-state index contributed by atoms with van der Waals surface area (Å²) in [5.74, 6) is -0.131. The Balaban J connectivity index is 2.11. The molecule has 1 aliphatic rings. The second-order valence-electron chi connectivity index (χ2n) is 4.53. The molecule has 17 heavy (non-hydrogen) atoms. The summed E-state index contributed by atoms with van der Waals surface area (Å²) in [4.78, 5) is 14.1. The molecule has 4 nitrogen and oxygen atoms in total. The summed E-state index contributed by atoms with van der Waals surface area (Å²) >= 11 is 0. The van der Waals surface area contributed by atoms with Gasteiger partial charge in [0.15, 0.2) is 0 Å². The lowest BCUT2D eigenvalue weighted by molar-refractivity contribution is -0.131. The van der Waals surface area contributed by atoms with Crippen molar-refractivity contribution in [2.24, 2.45) is 11.5 Å². The number of carbonyl (C=O) groups excluding carboxylic acids is 1. The Morgan fingerprint density at radius 2 is 2.12 bits per heavy atom. The molecule has 1 fully saturated rings. The number of hydrogen-bond acceptors (Lipinski definition) is 3. The number of benzene rings is 1. The Labute approximate surface area is 102 Å². The average molecular weight is 233 g/mol. The maximum Gasteiger partial charge on any atom is 0.231 e. The van der Waals surface area contributed by atoms with E-state index in [1.165, 1.54) is 0 Å². The van der Waals surface area contributed by atoms with E-state index in [1.54, 1.807) is 0 Å². The molecule has 1 saturated heterocycles. The van der Waals surface area contributed by atoms with Crippen molar-refractivity contribution in [2.45, 2.75) is 18.4 Å². The van der Waals surface area contributed by atoms with E-state index in [-0.39, 0.29) is 17.9 Å². The minimum Gasteiger partial charge on any atom is -0.341 e. The zero-order chi connectivity index (χ0) is 12.3. The minimum atomic E-state index is -0.235. The van der Waals surface area contributed by atoms with Gasteiger partial charge in [0.25, 0.3) is 0 Å². The second-order valence-corrected chi connectivity index (χ2v) is 4.53. The van der Waals surface area contributed by atoms with Crippen LogP contribution in [-0.2, 0) is 4.79 Å². The summed E-state index contributed by atoms with van der Waals surface area (Å²) in [6.07, 6.45) is 0.887. The van der Waals surface area contributed by atoms with Crippen molar-refractivity contribution < 1.29 is 4.79 Å². The van der Waals surface area contributed by atoms with Gasteiger partial charge < -0.3 is 16.4 Å². The largest absolute Gasteiger partial charge is 0.341 e. The third-order valence-electron chi connectivity index (χ3n) is 3.27. The van der Waals surface area contributed by atoms with Crippen molar-refractivity contribution in [1.82, 2.24) is 4.90 Å². The highest BCUT2D eigenvalue weighted by atomic mass is 16.2. The van der Waals surface area contributed by atoms with Crippen LogP contribution in [0.25, 0.3) is 0 Å². The maximum absolute atomic E-state index is 12.3. The molecule has 1 amide bonds. The molecule has 92 valence electrons. The molecule has 1 aliphatic heterocycles. The monoisotopic (exact) mass is 233 g/mol. The predicted octanol–water partition coefficient (Wildman–Crippen LogP) is 0.289. The van der Waals surface area contributed by atoms with Gasteiger partial charge in [0.1, 0.15) is 0 Å². The van der Waals surface area contributed by atoms with Crippen LogP contribution < -0.4 is 11.5 Å².